The first-order chi connectivity index (χ1) is 14.2. The van der Waals surface area contributed by atoms with Crippen molar-refractivity contribution < 1.29 is 32.5 Å². The van der Waals surface area contributed by atoms with Gasteiger partial charge in [-0.05, 0) is 47.9 Å². The summed E-state index contributed by atoms with van der Waals surface area (Å²) in [6.45, 7) is 6.44. The van der Waals surface area contributed by atoms with E-state index >= 15 is 0 Å². The number of hydrogen-bond donors (Lipinski definition) is 2. The third-order valence-corrected chi connectivity index (χ3v) is 4.18. The van der Waals surface area contributed by atoms with Crippen molar-refractivity contribution in [1.82, 2.24) is 5.32 Å². The number of benzene rings is 2. The second kappa shape index (κ2) is 9.85. The van der Waals surface area contributed by atoms with Crippen molar-refractivity contribution in [2.45, 2.75) is 33.4 Å². The van der Waals surface area contributed by atoms with E-state index in [0.29, 0.717) is 33.6 Å². The van der Waals surface area contributed by atoms with Crippen LogP contribution in [0.4, 0.5) is 13.2 Å². The number of halogens is 3. The van der Waals surface area contributed by atoms with Crippen LogP contribution in [0.2, 0.25) is 0 Å². The molecule has 2 rings (SSSR count). The van der Waals surface area contributed by atoms with Crippen molar-refractivity contribution in [2.75, 3.05) is 0 Å². The van der Waals surface area contributed by atoms with Crippen molar-refractivity contribution >= 4 is 5.91 Å². The Hall–Kier alpha value is -3.44. The molecule has 1 amide bonds. The minimum atomic E-state index is -4.78. The molecule has 5 nitrogen and oxygen atoms in total. The van der Waals surface area contributed by atoms with E-state index in [1.807, 2.05) is 0 Å². The third-order valence-electron chi connectivity index (χ3n) is 4.18. The maximum absolute atomic E-state index is 12.4. The Kier molecular flexibility index (Phi) is 7.50. The molecule has 0 aliphatic rings. The molecule has 0 aliphatic carbocycles. The summed E-state index contributed by atoms with van der Waals surface area (Å²) in [5, 5.41) is 12.5. The predicted octanol–water partition coefficient (Wildman–Crippen LogP) is 4.21. The molecule has 0 aromatic heterocycles. The van der Waals surface area contributed by atoms with Crippen LogP contribution in [0.5, 0.6) is 11.5 Å². The Labute approximate surface area is 172 Å². The highest BCUT2D eigenvalue weighted by Crippen LogP contribution is 2.37. The average Bonchev–Trinajstić information content (AvgIpc) is 2.70. The van der Waals surface area contributed by atoms with Gasteiger partial charge in [-0.2, -0.15) is 0 Å². The van der Waals surface area contributed by atoms with E-state index in [2.05, 4.69) is 28.7 Å². The number of alkyl halides is 3. The van der Waals surface area contributed by atoms with Gasteiger partial charge in [-0.1, -0.05) is 24.6 Å². The lowest BCUT2D eigenvalue weighted by molar-refractivity contribution is -0.274. The van der Waals surface area contributed by atoms with Gasteiger partial charge >= 0.3 is 6.36 Å². The Bertz CT molecular complexity index is 987. The van der Waals surface area contributed by atoms with Gasteiger partial charge in [0, 0.05) is 24.6 Å². The van der Waals surface area contributed by atoms with E-state index < -0.39 is 12.3 Å². The Balaban J connectivity index is 2.55. The van der Waals surface area contributed by atoms with Crippen molar-refractivity contribution in [3.63, 3.8) is 0 Å². The average molecular weight is 419 g/mol. The van der Waals surface area contributed by atoms with Gasteiger partial charge in [0.25, 0.3) is 0 Å². The molecule has 0 unspecified atom stereocenters. The molecule has 0 radical (unpaired) electrons. The summed E-state index contributed by atoms with van der Waals surface area (Å²) in [5.41, 5.74) is 2.88. The van der Waals surface area contributed by atoms with Crippen LogP contribution in [0.3, 0.4) is 0 Å². The van der Waals surface area contributed by atoms with Gasteiger partial charge in [-0.25, -0.2) is 0 Å². The van der Waals surface area contributed by atoms with Gasteiger partial charge in [0.1, 0.15) is 17.6 Å². The van der Waals surface area contributed by atoms with Gasteiger partial charge in [0.15, 0.2) is 0 Å². The fourth-order valence-corrected chi connectivity index (χ4v) is 2.83. The monoisotopic (exact) mass is 419 g/mol. The second-order valence-electron chi connectivity index (χ2n) is 6.12. The number of ether oxygens (including phenoxy) is 2. The summed E-state index contributed by atoms with van der Waals surface area (Å²) in [5.74, 6) is 2.18. The first kappa shape index (κ1) is 22.8. The molecule has 2 aromatic rings. The first-order valence-corrected chi connectivity index (χ1v) is 8.81. The van der Waals surface area contributed by atoms with Crippen molar-refractivity contribution in [1.29, 1.82) is 0 Å². The Morgan fingerprint density at radius 1 is 1.30 bits per heavy atom. The summed E-state index contributed by atoms with van der Waals surface area (Å²) in [7, 11) is 0. The Morgan fingerprint density at radius 3 is 2.50 bits per heavy atom. The molecular formula is C22H20F3NO4. The summed E-state index contributed by atoms with van der Waals surface area (Å²) in [4.78, 5) is 11.6. The third kappa shape index (κ3) is 5.78. The van der Waals surface area contributed by atoms with E-state index in [1.165, 1.54) is 24.3 Å². The zero-order valence-electron chi connectivity index (χ0n) is 16.4. The molecule has 0 atom stereocenters. The molecule has 0 fully saturated rings. The quantitative estimate of drug-likeness (QED) is 0.521. The number of rotatable bonds is 7. The molecule has 2 aromatic carbocycles. The van der Waals surface area contributed by atoms with Gasteiger partial charge in [-0.15, -0.1) is 13.2 Å². The number of carbonyl (C=O) groups excluding carboxylic acids is 1. The van der Waals surface area contributed by atoms with Crippen molar-refractivity contribution in [3.05, 3.63) is 59.7 Å². The van der Waals surface area contributed by atoms with E-state index in [0.717, 1.165) is 6.08 Å². The fraction of sp³-hybridized carbons (Fsp3) is 0.227. The van der Waals surface area contributed by atoms with Crippen molar-refractivity contribution in [3.8, 4) is 34.7 Å². The molecule has 30 heavy (non-hydrogen) atoms. The highest BCUT2D eigenvalue weighted by molar-refractivity contribution is 5.86. The van der Waals surface area contributed by atoms with Crippen LogP contribution >= 0.6 is 0 Å². The van der Waals surface area contributed by atoms with Crippen molar-refractivity contribution in [2.24, 2.45) is 0 Å². The topological polar surface area (TPSA) is 67.8 Å². The maximum Gasteiger partial charge on any atom is 0.573 e. The molecule has 0 bridgehead atoms. The van der Waals surface area contributed by atoms with E-state index in [9.17, 15) is 23.1 Å². The minimum Gasteiger partial charge on any atom is -0.407 e. The van der Waals surface area contributed by atoms with Gasteiger partial charge in [-0.3, -0.25) is 4.79 Å². The SMILES string of the molecule is C=CC(=O)NCc1cc(-c2ccc(OC(F)(F)F)cc2)c(C)c(OC#CC)c1CO. The van der Waals surface area contributed by atoms with Crippen LogP contribution in [0.25, 0.3) is 11.1 Å². The minimum absolute atomic E-state index is 0.0825. The summed E-state index contributed by atoms with van der Waals surface area (Å²) >= 11 is 0. The van der Waals surface area contributed by atoms with Crippen LogP contribution in [0.15, 0.2) is 43.0 Å². The van der Waals surface area contributed by atoms with Gasteiger partial charge < -0.3 is 19.9 Å². The van der Waals surface area contributed by atoms with Crippen LogP contribution < -0.4 is 14.8 Å². The molecule has 0 saturated heterocycles. The van der Waals surface area contributed by atoms with E-state index in [1.54, 1.807) is 19.9 Å². The summed E-state index contributed by atoms with van der Waals surface area (Å²) < 4.78 is 46.6. The number of aliphatic hydroxyl groups is 1. The molecule has 0 aliphatic heterocycles. The number of hydrogen-bond acceptors (Lipinski definition) is 4. The normalized spacial score (nSPS) is 10.6. The number of amides is 1. The lowest BCUT2D eigenvalue weighted by Crippen LogP contribution is -2.21. The standard InChI is InChI=1S/C22H20F3NO4/c1-4-10-29-21-14(3)18(11-16(19(21)13-27)12-26-20(28)5-2)15-6-8-17(9-7-15)30-22(23,24)25/h5-9,11,27H,2,12-13H2,1,3H3,(H,26,28). The second-order valence-corrected chi connectivity index (χ2v) is 6.12. The van der Waals surface area contributed by atoms with Gasteiger partial charge in [0.2, 0.25) is 5.91 Å². The van der Waals surface area contributed by atoms with Crippen LogP contribution in [-0.4, -0.2) is 17.4 Å². The van der Waals surface area contributed by atoms with E-state index in [-0.39, 0.29) is 18.9 Å². The zero-order valence-corrected chi connectivity index (χ0v) is 16.4. The number of nitrogens with one attached hydrogen (secondary N) is 1. The molecule has 8 heteroatoms. The molecule has 0 heterocycles. The fourth-order valence-electron chi connectivity index (χ4n) is 2.83. The number of carbonyl (C=O) groups is 1. The molecule has 2 N–H and O–H groups in total. The molecule has 0 spiro atoms. The van der Waals surface area contributed by atoms with E-state index in [4.69, 9.17) is 4.74 Å². The van der Waals surface area contributed by atoms with Crippen LogP contribution in [0.1, 0.15) is 23.6 Å². The number of aliphatic hydroxyl groups excluding tert-OH is 1. The van der Waals surface area contributed by atoms with Gasteiger partial charge in [0.05, 0.1) is 6.61 Å². The lowest BCUT2D eigenvalue weighted by atomic mass is 9.93. The summed E-state index contributed by atoms with van der Waals surface area (Å²) in [6, 6.07) is 7.09. The highest BCUT2D eigenvalue weighted by atomic mass is 19.4. The predicted molar refractivity (Wildman–Crippen MR) is 105 cm³/mol. The molecule has 158 valence electrons. The smallest absolute Gasteiger partial charge is 0.407 e. The lowest BCUT2D eigenvalue weighted by Gasteiger charge is -2.18. The summed E-state index contributed by atoms with van der Waals surface area (Å²) in [6.07, 6.45) is -1.18. The molecule has 0 saturated carbocycles. The zero-order chi connectivity index (χ0) is 22.3. The highest BCUT2D eigenvalue weighted by Gasteiger charge is 2.31. The van der Waals surface area contributed by atoms with Crippen LogP contribution in [-0.2, 0) is 17.9 Å². The largest absolute Gasteiger partial charge is 0.573 e. The first-order valence-electron chi connectivity index (χ1n) is 8.81. The maximum atomic E-state index is 12.4. The Morgan fingerprint density at radius 2 is 1.97 bits per heavy atom. The molecular weight excluding hydrogens is 399 g/mol. The van der Waals surface area contributed by atoms with Crippen LogP contribution in [0, 0.1) is 19.0 Å².